The first-order valence-electron chi connectivity index (χ1n) is 5.84. The normalized spacial score (nSPS) is 20.9. The number of likely N-dealkylation sites (tertiary alicyclic amines) is 1. The fourth-order valence-electron chi connectivity index (χ4n) is 2.64. The highest BCUT2D eigenvalue weighted by molar-refractivity contribution is 7.71. The van der Waals surface area contributed by atoms with Crippen molar-refractivity contribution in [3.05, 3.63) is 28.5 Å². The van der Waals surface area contributed by atoms with Gasteiger partial charge < -0.3 is 14.5 Å². The van der Waals surface area contributed by atoms with Crippen LogP contribution in [0.15, 0.2) is 12.1 Å². The third kappa shape index (κ3) is 1.76. The van der Waals surface area contributed by atoms with Crippen molar-refractivity contribution in [1.82, 2.24) is 14.5 Å². The molecule has 2 aromatic rings. The van der Waals surface area contributed by atoms with Crippen LogP contribution in [0.2, 0.25) is 0 Å². The van der Waals surface area contributed by atoms with Gasteiger partial charge in [-0.15, -0.1) is 0 Å². The van der Waals surface area contributed by atoms with Gasteiger partial charge in [0.15, 0.2) is 10.6 Å². The summed E-state index contributed by atoms with van der Waals surface area (Å²) in [7, 11) is 2.03. The number of hydrogen-bond donors (Lipinski definition) is 1. The van der Waals surface area contributed by atoms with Crippen molar-refractivity contribution >= 4 is 23.3 Å². The van der Waals surface area contributed by atoms with Crippen molar-refractivity contribution in [3.8, 4) is 0 Å². The van der Waals surface area contributed by atoms with Crippen LogP contribution in [-0.2, 0) is 0 Å². The van der Waals surface area contributed by atoms with E-state index >= 15 is 0 Å². The van der Waals surface area contributed by atoms with E-state index in [0.717, 1.165) is 25.6 Å². The van der Waals surface area contributed by atoms with Crippen molar-refractivity contribution in [2.45, 2.75) is 12.5 Å². The number of imidazole rings is 1. The molecule has 2 heterocycles. The van der Waals surface area contributed by atoms with Gasteiger partial charge in [-0.25, -0.2) is 8.78 Å². The van der Waals surface area contributed by atoms with Crippen molar-refractivity contribution < 1.29 is 8.78 Å². The van der Waals surface area contributed by atoms with Gasteiger partial charge >= 0.3 is 0 Å². The minimum absolute atomic E-state index is 0.178. The van der Waals surface area contributed by atoms with E-state index in [4.69, 9.17) is 12.2 Å². The van der Waals surface area contributed by atoms with Crippen molar-refractivity contribution in [3.63, 3.8) is 0 Å². The number of rotatable bonds is 1. The summed E-state index contributed by atoms with van der Waals surface area (Å²) in [6.45, 7) is 1.82. The second kappa shape index (κ2) is 4.13. The minimum atomic E-state index is -0.596. The summed E-state index contributed by atoms with van der Waals surface area (Å²) >= 11 is 5.23. The van der Waals surface area contributed by atoms with Crippen LogP contribution in [0.4, 0.5) is 8.78 Å². The molecule has 6 heteroatoms. The molecule has 1 aromatic heterocycles. The zero-order chi connectivity index (χ0) is 12.9. The number of H-pyrrole nitrogens is 1. The van der Waals surface area contributed by atoms with Crippen LogP contribution in [0.5, 0.6) is 0 Å². The van der Waals surface area contributed by atoms with Crippen LogP contribution in [0.25, 0.3) is 11.0 Å². The number of aromatic amines is 1. The van der Waals surface area contributed by atoms with Gasteiger partial charge in [0.1, 0.15) is 11.3 Å². The molecule has 1 aliphatic rings. The van der Waals surface area contributed by atoms with Crippen LogP contribution < -0.4 is 0 Å². The van der Waals surface area contributed by atoms with E-state index in [1.54, 1.807) is 0 Å². The number of likely N-dealkylation sites (N-methyl/N-ethyl adjacent to an activating group) is 1. The summed E-state index contributed by atoms with van der Waals surface area (Å²) in [5.74, 6) is -1.17. The Balaban J connectivity index is 2.22. The zero-order valence-electron chi connectivity index (χ0n) is 9.91. The summed E-state index contributed by atoms with van der Waals surface area (Å²) in [5.41, 5.74) is 0.800. The number of benzene rings is 1. The molecule has 3 rings (SSSR count). The molecule has 0 bridgehead atoms. The molecule has 0 aliphatic carbocycles. The molecule has 1 fully saturated rings. The number of nitrogens with zero attached hydrogens (tertiary/aromatic N) is 2. The molecule has 1 aliphatic heterocycles. The van der Waals surface area contributed by atoms with Crippen molar-refractivity contribution in [2.24, 2.45) is 0 Å². The fourth-order valence-corrected chi connectivity index (χ4v) is 2.98. The summed E-state index contributed by atoms with van der Waals surface area (Å²) in [6.07, 6.45) is 0.940. The Labute approximate surface area is 108 Å². The van der Waals surface area contributed by atoms with Gasteiger partial charge in [-0.2, -0.15) is 0 Å². The Morgan fingerprint density at radius 2 is 2.17 bits per heavy atom. The Morgan fingerprint density at radius 3 is 2.83 bits per heavy atom. The lowest BCUT2D eigenvalue weighted by Gasteiger charge is -2.13. The van der Waals surface area contributed by atoms with E-state index in [0.29, 0.717) is 10.3 Å². The number of fused-ring (bicyclic) bond motifs is 1. The van der Waals surface area contributed by atoms with Crippen LogP contribution in [0, 0.1) is 16.4 Å². The average molecular weight is 269 g/mol. The summed E-state index contributed by atoms with van der Waals surface area (Å²) in [6, 6.07) is 2.39. The quantitative estimate of drug-likeness (QED) is 0.805. The SMILES string of the molecule is CN1CCC(n2c(=S)[nH]c3c(F)cc(F)cc32)C1. The van der Waals surface area contributed by atoms with Gasteiger partial charge in [0, 0.05) is 12.6 Å². The number of aromatic nitrogens is 2. The third-order valence-corrected chi connectivity index (χ3v) is 3.77. The Kier molecular flexibility index (Phi) is 2.71. The summed E-state index contributed by atoms with van der Waals surface area (Å²) < 4.78 is 29.3. The lowest BCUT2D eigenvalue weighted by Crippen LogP contribution is -2.16. The molecule has 1 N–H and O–H groups in total. The van der Waals surface area contributed by atoms with E-state index < -0.39 is 11.6 Å². The van der Waals surface area contributed by atoms with E-state index in [1.165, 1.54) is 6.07 Å². The van der Waals surface area contributed by atoms with Crippen LogP contribution in [-0.4, -0.2) is 34.6 Å². The second-order valence-electron chi connectivity index (χ2n) is 4.79. The topological polar surface area (TPSA) is 24.0 Å². The minimum Gasteiger partial charge on any atom is -0.328 e. The van der Waals surface area contributed by atoms with Gasteiger partial charge in [0.05, 0.1) is 11.6 Å². The zero-order valence-corrected chi connectivity index (χ0v) is 10.7. The highest BCUT2D eigenvalue weighted by atomic mass is 32.1. The average Bonchev–Trinajstić information content (AvgIpc) is 2.82. The third-order valence-electron chi connectivity index (χ3n) is 3.48. The monoisotopic (exact) mass is 269 g/mol. The van der Waals surface area contributed by atoms with Gasteiger partial charge in [-0.3, -0.25) is 0 Å². The van der Waals surface area contributed by atoms with E-state index in [-0.39, 0.29) is 11.6 Å². The Hall–Kier alpha value is -1.27. The van der Waals surface area contributed by atoms with Crippen LogP contribution >= 0.6 is 12.2 Å². The molecule has 1 aromatic carbocycles. The van der Waals surface area contributed by atoms with E-state index in [9.17, 15) is 8.78 Å². The van der Waals surface area contributed by atoms with Crippen LogP contribution in [0.1, 0.15) is 12.5 Å². The molecule has 0 amide bonds. The predicted octanol–water partition coefficient (Wildman–Crippen LogP) is 2.85. The highest BCUT2D eigenvalue weighted by Crippen LogP contribution is 2.27. The van der Waals surface area contributed by atoms with E-state index in [2.05, 4.69) is 9.88 Å². The second-order valence-corrected chi connectivity index (χ2v) is 5.17. The van der Waals surface area contributed by atoms with Crippen molar-refractivity contribution in [1.29, 1.82) is 0 Å². The first kappa shape index (κ1) is 11.8. The molecule has 3 nitrogen and oxygen atoms in total. The van der Waals surface area contributed by atoms with Gasteiger partial charge in [0.25, 0.3) is 0 Å². The predicted molar refractivity (Wildman–Crippen MR) is 68.2 cm³/mol. The molecular weight excluding hydrogens is 256 g/mol. The Morgan fingerprint density at radius 1 is 1.39 bits per heavy atom. The summed E-state index contributed by atoms with van der Waals surface area (Å²) in [5, 5.41) is 0. The first-order valence-corrected chi connectivity index (χ1v) is 6.25. The maximum absolute atomic E-state index is 13.7. The molecule has 1 saturated heterocycles. The number of nitrogens with one attached hydrogen (secondary N) is 1. The lowest BCUT2D eigenvalue weighted by molar-refractivity contribution is 0.394. The lowest BCUT2D eigenvalue weighted by atomic mass is 10.2. The van der Waals surface area contributed by atoms with Gasteiger partial charge in [-0.05, 0) is 38.3 Å². The maximum Gasteiger partial charge on any atom is 0.178 e. The maximum atomic E-state index is 13.7. The standard InChI is InChI=1S/C12H13F2N3S/c1-16-3-2-8(6-16)17-10-5-7(13)4-9(14)11(10)15-12(17)18/h4-5,8H,2-3,6H2,1H3,(H,15,18). The molecule has 0 spiro atoms. The fraction of sp³-hybridized carbons (Fsp3) is 0.417. The molecule has 1 atom stereocenters. The van der Waals surface area contributed by atoms with E-state index in [1.807, 2.05) is 11.6 Å². The molecule has 0 saturated carbocycles. The molecule has 18 heavy (non-hydrogen) atoms. The number of hydrogen-bond acceptors (Lipinski definition) is 2. The van der Waals surface area contributed by atoms with Crippen molar-refractivity contribution in [2.75, 3.05) is 20.1 Å². The first-order chi connectivity index (χ1) is 8.56. The summed E-state index contributed by atoms with van der Waals surface area (Å²) in [4.78, 5) is 5.01. The number of halogens is 2. The van der Waals surface area contributed by atoms with Crippen LogP contribution in [0.3, 0.4) is 0 Å². The largest absolute Gasteiger partial charge is 0.328 e. The molecular formula is C12H13F2N3S. The molecule has 96 valence electrons. The molecule has 0 radical (unpaired) electrons. The molecule has 1 unspecified atom stereocenters. The van der Waals surface area contributed by atoms with Gasteiger partial charge in [0.2, 0.25) is 0 Å². The highest BCUT2D eigenvalue weighted by Gasteiger charge is 2.24. The van der Waals surface area contributed by atoms with Gasteiger partial charge in [-0.1, -0.05) is 0 Å². The smallest absolute Gasteiger partial charge is 0.178 e. The Bertz CT molecular complexity index is 661.